The second-order valence-corrected chi connectivity index (χ2v) is 7.19. The highest BCUT2D eigenvalue weighted by atomic mass is 16.2. The summed E-state index contributed by atoms with van der Waals surface area (Å²) in [6, 6.07) is 7.74. The van der Waals surface area contributed by atoms with Gasteiger partial charge in [0.25, 0.3) is 11.5 Å². The number of aromatic amines is 1. The number of rotatable bonds is 5. The number of fused-ring (bicyclic) bond motifs is 1. The van der Waals surface area contributed by atoms with Crippen LogP contribution >= 0.6 is 0 Å². The number of amides is 3. The number of urea groups is 1. The van der Waals surface area contributed by atoms with Crippen LogP contribution in [0.3, 0.4) is 0 Å². The summed E-state index contributed by atoms with van der Waals surface area (Å²) in [6.07, 6.45) is 0. The number of carbonyl (C=O) groups is 2. The molecule has 31 heavy (non-hydrogen) atoms. The fourth-order valence-electron chi connectivity index (χ4n) is 3.09. The Bertz CT molecular complexity index is 1260. The van der Waals surface area contributed by atoms with Crippen molar-refractivity contribution in [3.05, 3.63) is 62.4 Å². The van der Waals surface area contributed by atoms with Gasteiger partial charge in [0, 0.05) is 30.7 Å². The number of benzene rings is 1. The second-order valence-electron chi connectivity index (χ2n) is 7.19. The first kappa shape index (κ1) is 21.8. The number of anilines is 2. The highest BCUT2D eigenvalue weighted by Crippen LogP contribution is 2.21. The summed E-state index contributed by atoms with van der Waals surface area (Å²) in [7, 11) is 1.51. The second kappa shape index (κ2) is 8.82. The summed E-state index contributed by atoms with van der Waals surface area (Å²) in [5.74, 6) is -0.529. The topological polar surface area (TPSA) is 138 Å². The van der Waals surface area contributed by atoms with E-state index in [4.69, 9.17) is 0 Å². The molecule has 3 rings (SSSR count). The predicted octanol–water partition coefficient (Wildman–Crippen LogP) is 2.23. The molecule has 10 nitrogen and oxygen atoms in total. The van der Waals surface area contributed by atoms with Gasteiger partial charge in [0.05, 0.1) is 10.9 Å². The zero-order valence-corrected chi connectivity index (χ0v) is 17.7. The van der Waals surface area contributed by atoms with Gasteiger partial charge < -0.3 is 16.0 Å². The van der Waals surface area contributed by atoms with Crippen molar-refractivity contribution in [2.45, 2.75) is 33.2 Å². The van der Waals surface area contributed by atoms with Crippen LogP contribution in [0.4, 0.5) is 16.2 Å². The third kappa shape index (κ3) is 4.47. The van der Waals surface area contributed by atoms with Crippen molar-refractivity contribution in [2.24, 2.45) is 0 Å². The first-order valence-electron chi connectivity index (χ1n) is 9.83. The summed E-state index contributed by atoms with van der Waals surface area (Å²) in [4.78, 5) is 56.0. The molecular formula is C21H24N6O4. The van der Waals surface area contributed by atoms with Gasteiger partial charge in [0.2, 0.25) is 0 Å². The zero-order chi connectivity index (χ0) is 22.7. The third-order valence-electron chi connectivity index (χ3n) is 4.75. The molecule has 0 aliphatic carbocycles. The minimum Gasteiger partial charge on any atom is -0.341 e. The van der Waals surface area contributed by atoms with Gasteiger partial charge in [-0.2, -0.15) is 0 Å². The lowest BCUT2D eigenvalue weighted by molar-refractivity contribution is 0.102. The van der Waals surface area contributed by atoms with E-state index in [1.54, 1.807) is 37.3 Å². The molecule has 0 unspecified atom stereocenters. The minimum atomic E-state index is -0.664. The minimum absolute atomic E-state index is 0.0225. The molecule has 3 aromatic rings. The lowest BCUT2D eigenvalue weighted by atomic mass is 10.0. The van der Waals surface area contributed by atoms with Crippen molar-refractivity contribution < 1.29 is 9.59 Å². The molecule has 0 saturated carbocycles. The number of nitrogens with one attached hydrogen (secondary N) is 4. The molecule has 2 aromatic heterocycles. The first-order valence-corrected chi connectivity index (χ1v) is 9.83. The molecule has 1 aromatic carbocycles. The van der Waals surface area contributed by atoms with E-state index in [9.17, 15) is 19.2 Å². The largest absolute Gasteiger partial charge is 0.341 e. The SMILES string of the molecule is CCn1c(=O)[nH]c(=O)c2c(C(=O)Nc3ccc(NC(=O)NC)cc3)cc(C(C)C)nc21. The van der Waals surface area contributed by atoms with Crippen molar-refractivity contribution in [3.8, 4) is 0 Å². The summed E-state index contributed by atoms with van der Waals surface area (Å²) < 4.78 is 1.33. The maximum absolute atomic E-state index is 13.1. The molecule has 10 heteroatoms. The Labute approximate surface area is 177 Å². The molecule has 0 bridgehead atoms. The summed E-state index contributed by atoms with van der Waals surface area (Å²) >= 11 is 0. The maximum atomic E-state index is 13.1. The number of pyridine rings is 1. The monoisotopic (exact) mass is 424 g/mol. The van der Waals surface area contributed by atoms with Gasteiger partial charge in [0.15, 0.2) is 5.65 Å². The Morgan fingerprint density at radius 3 is 2.26 bits per heavy atom. The zero-order valence-electron chi connectivity index (χ0n) is 17.7. The third-order valence-corrected chi connectivity index (χ3v) is 4.75. The molecule has 0 aliphatic rings. The highest BCUT2D eigenvalue weighted by Gasteiger charge is 2.20. The van der Waals surface area contributed by atoms with Gasteiger partial charge in [-0.25, -0.2) is 14.6 Å². The smallest absolute Gasteiger partial charge is 0.329 e. The fraction of sp³-hybridized carbons (Fsp3) is 0.286. The molecule has 2 heterocycles. The molecule has 3 amide bonds. The Balaban J connectivity index is 2.05. The number of hydrogen-bond acceptors (Lipinski definition) is 5. The summed E-state index contributed by atoms with van der Waals surface area (Å²) in [5, 5.41) is 7.89. The van der Waals surface area contributed by atoms with Gasteiger partial charge in [-0.1, -0.05) is 13.8 Å². The summed E-state index contributed by atoms with van der Waals surface area (Å²) in [6.45, 7) is 5.88. The van der Waals surface area contributed by atoms with Gasteiger partial charge in [-0.05, 0) is 43.2 Å². The quantitative estimate of drug-likeness (QED) is 0.498. The van der Waals surface area contributed by atoms with Gasteiger partial charge in [-0.15, -0.1) is 0 Å². The van der Waals surface area contributed by atoms with Crippen molar-refractivity contribution in [2.75, 3.05) is 17.7 Å². The summed E-state index contributed by atoms with van der Waals surface area (Å²) in [5.41, 5.74) is 0.695. The van der Waals surface area contributed by atoms with Crippen molar-refractivity contribution in [1.29, 1.82) is 0 Å². The molecule has 4 N–H and O–H groups in total. The standard InChI is InChI=1S/C21H24N6O4/c1-5-27-17-16(19(29)26-21(27)31)14(10-15(25-17)11(2)3)18(28)23-12-6-8-13(9-7-12)24-20(30)22-4/h6-11H,5H2,1-4H3,(H,23,28)(H2,22,24,30)(H,26,29,31). The van der Waals surface area contributed by atoms with Gasteiger partial charge in [-0.3, -0.25) is 19.1 Å². The van der Waals surface area contributed by atoms with Crippen LogP contribution in [0.5, 0.6) is 0 Å². The van der Waals surface area contributed by atoms with Crippen LogP contribution in [0, 0.1) is 0 Å². The molecule has 0 aliphatic heterocycles. The van der Waals surface area contributed by atoms with Gasteiger partial charge in [0.1, 0.15) is 0 Å². The average molecular weight is 424 g/mol. The molecule has 162 valence electrons. The number of nitrogens with zero attached hydrogens (tertiary/aromatic N) is 2. The van der Waals surface area contributed by atoms with Crippen LogP contribution in [-0.2, 0) is 6.54 Å². The van der Waals surface area contributed by atoms with E-state index in [1.165, 1.54) is 11.6 Å². The van der Waals surface area contributed by atoms with Crippen molar-refractivity contribution in [1.82, 2.24) is 19.9 Å². The van der Waals surface area contributed by atoms with E-state index < -0.39 is 17.2 Å². The Morgan fingerprint density at radius 1 is 1.10 bits per heavy atom. The van der Waals surface area contributed by atoms with E-state index in [2.05, 4.69) is 25.9 Å². The van der Waals surface area contributed by atoms with Crippen LogP contribution < -0.4 is 27.2 Å². The number of H-pyrrole nitrogens is 1. The van der Waals surface area contributed by atoms with Crippen LogP contribution in [0.1, 0.15) is 42.7 Å². The average Bonchev–Trinajstić information content (AvgIpc) is 2.74. The Kier molecular flexibility index (Phi) is 6.19. The van der Waals surface area contributed by atoms with Crippen LogP contribution in [0.25, 0.3) is 11.0 Å². The van der Waals surface area contributed by atoms with Crippen LogP contribution in [0.2, 0.25) is 0 Å². The number of aryl methyl sites for hydroxylation is 1. The molecular weight excluding hydrogens is 400 g/mol. The van der Waals surface area contributed by atoms with E-state index in [1.807, 2.05) is 13.8 Å². The Morgan fingerprint density at radius 2 is 1.71 bits per heavy atom. The van der Waals surface area contributed by atoms with Crippen LogP contribution in [-0.4, -0.2) is 33.5 Å². The number of carbonyl (C=O) groups excluding carboxylic acids is 2. The lowest BCUT2D eigenvalue weighted by Crippen LogP contribution is -2.32. The van der Waals surface area contributed by atoms with E-state index in [0.29, 0.717) is 23.6 Å². The first-order chi connectivity index (χ1) is 14.7. The van der Waals surface area contributed by atoms with Crippen molar-refractivity contribution in [3.63, 3.8) is 0 Å². The molecule has 0 radical (unpaired) electrons. The predicted molar refractivity (Wildman–Crippen MR) is 119 cm³/mol. The van der Waals surface area contributed by atoms with E-state index in [-0.39, 0.29) is 28.5 Å². The molecule has 0 fully saturated rings. The van der Waals surface area contributed by atoms with Crippen molar-refractivity contribution >= 4 is 34.3 Å². The van der Waals surface area contributed by atoms with Gasteiger partial charge >= 0.3 is 11.7 Å². The van der Waals surface area contributed by atoms with Crippen LogP contribution in [0.15, 0.2) is 39.9 Å². The maximum Gasteiger partial charge on any atom is 0.329 e. The molecule has 0 spiro atoms. The normalized spacial score (nSPS) is 10.9. The molecule has 0 atom stereocenters. The lowest BCUT2D eigenvalue weighted by Gasteiger charge is -2.14. The highest BCUT2D eigenvalue weighted by molar-refractivity contribution is 6.12. The van der Waals surface area contributed by atoms with E-state index >= 15 is 0 Å². The molecule has 0 saturated heterocycles. The van der Waals surface area contributed by atoms with E-state index in [0.717, 1.165) is 0 Å². The number of hydrogen-bond donors (Lipinski definition) is 4. The fourth-order valence-corrected chi connectivity index (χ4v) is 3.09. The Hall–Kier alpha value is -3.95. The number of aromatic nitrogens is 3.